The zero-order valence-electron chi connectivity index (χ0n) is 12.2. The van der Waals surface area contributed by atoms with Gasteiger partial charge in [-0.25, -0.2) is 0 Å². The van der Waals surface area contributed by atoms with Crippen LogP contribution in [0.4, 0.5) is 0 Å². The summed E-state index contributed by atoms with van der Waals surface area (Å²) in [5.41, 5.74) is 0.204. The van der Waals surface area contributed by atoms with Gasteiger partial charge in [0.2, 0.25) is 0 Å². The van der Waals surface area contributed by atoms with Crippen molar-refractivity contribution in [2.75, 3.05) is 13.6 Å². The third-order valence-corrected chi connectivity index (χ3v) is 5.03. The number of rotatable bonds is 4. The van der Waals surface area contributed by atoms with Gasteiger partial charge in [-0.1, -0.05) is 12.8 Å². The predicted molar refractivity (Wildman–Crippen MR) is 84.0 cm³/mol. The fourth-order valence-corrected chi connectivity index (χ4v) is 3.92. The first-order valence-corrected chi connectivity index (χ1v) is 8.16. The number of carbonyl (C=O) groups excluding carboxylic acids is 1. The third-order valence-electron chi connectivity index (χ3n) is 4.13. The van der Waals surface area contributed by atoms with Gasteiger partial charge in [-0.15, -0.1) is 11.3 Å². The molecule has 2 aromatic heterocycles. The molecule has 3 rings (SSSR count). The molecule has 4 nitrogen and oxygen atoms in total. The zero-order chi connectivity index (χ0) is 14.9. The first-order valence-electron chi connectivity index (χ1n) is 7.28. The van der Waals surface area contributed by atoms with Gasteiger partial charge in [0, 0.05) is 26.0 Å². The van der Waals surface area contributed by atoms with Crippen molar-refractivity contribution in [3.05, 3.63) is 40.8 Å². The summed E-state index contributed by atoms with van der Waals surface area (Å²) >= 11 is 1.45. The number of thiophene rings is 1. The zero-order valence-corrected chi connectivity index (χ0v) is 13.0. The number of carbonyl (C=O) groups is 1. The SMILES string of the molecule is CN(CC1(O)CCCC1)C(=O)c1sccc1-n1cccc1. The van der Waals surface area contributed by atoms with Gasteiger partial charge < -0.3 is 14.6 Å². The maximum absolute atomic E-state index is 12.7. The Balaban J connectivity index is 1.78. The van der Waals surface area contributed by atoms with Crippen molar-refractivity contribution in [2.45, 2.75) is 31.3 Å². The molecule has 0 bridgehead atoms. The highest BCUT2D eigenvalue weighted by Gasteiger charge is 2.34. The van der Waals surface area contributed by atoms with Crippen molar-refractivity contribution in [3.8, 4) is 5.69 Å². The molecule has 0 saturated heterocycles. The topological polar surface area (TPSA) is 45.5 Å². The Bertz CT molecular complexity index is 612. The molecule has 0 spiro atoms. The Hall–Kier alpha value is -1.59. The van der Waals surface area contributed by atoms with Crippen molar-refractivity contribution in [1.82, 2.24) is 9.47 Å². The van der Waals surface area contributed by atoms with E-state index < -0.39 is 5.60 Å². The Kier molecular flexibility index (Phi) is 3.87. The summed E-state index contributed by atoms with van der Waals surface area (Å²) in [6.45, 7) is 0.412. The van der Waals surface area contributed by atoms with E-state index in [4.69, 9.17) is 0 Å². The van der Waals surface area contributed by atoms with E-state index in [-0.39, 0.29) is 5.91 Å². The number of likely N-dealkylation sites (N-methyl/N-ethyl adjacent to an activating group) is 1. The standard InChI is InChI=1S/C16H20N2O2S/c1-17(12-16(20)7-2-3-8-16)15(19)14-13(6-11-21-14)18-9-4-5-10-18/h4-6,9-11,20H,2-3,7-8,12H2,1H3. The molecule has 2 aromatic rings. The van der Waals surface area contributed by atoms with E-state index in [0.29, 0.717) is 6.54 Å². The van der Waals surface area contributed by atoms with Crippen LogP contribution in [0.5, 0.6) is 0 Å². The average molecular weight is 304 g/mol. The largest absolute Gasteiger partial charge is 0.388 e. The number of hydrogen-bond donors (Lipinski definition) is 1. The maximum atomic E-state index is 12.7. The molecule has 112 valence electrons. The van der Waals surface area contributed by atoms with Gasteiger partial charge >= 0.3 is 0 Å². The van der Waals surface area contributed by atoms with Gasteiger partial charge in [-0.2, -0.15) is 0 Å². The van der Waals surface area contributed by atoms with E-state index in [0.717, 1.165) is 36.2 Å². The highest BCUT2D eigenvalue weighted by atomic mass is 32.1. The van der Waals surface area contributed by atoms with E-state index in [2.05, 4.69) is 0 Å². The Morgan fingerprint density at radius 3 is 2.71 bits per heavy atom. The molecule has 2 heterocycles. The molecule has 0 radical (unpaired) electrons. The predicted octanol–water partition coefficient (Wildman–Crippen LogP) is 2.92. The molecule has 1 amide bonds. The summed E-state index contributed by atoms with van der Waals surface area (Å²) in [4.78, 5) is 15.0. The van der Waals surface area contributed by atoms with E-state index in [1.165, 1.54) is 11.3 Å². The minimum atomic E-state index is -0.699. The third kappa shape index (κ3) is 2.89. The minimum Gasteiger partial charge on any atom is -0.388 e. The number of aromatic nitrogens is 1. The van der Waals surface area contributed by atoms with Gasteiger partial charge in [0.1, 0.15) is 4.88 Å². The minimum absolute atomic E-state index is 0.0194. The summed E-state index contributed by atoms with van der Waals surface area (Å²) in [5, 5.41) is 12.4. The molecule has 0 aromatic carbocycles. The first kappa shape index (κ1) is 14.4. The van der Waals surface area contributed by atoms with Crippen LogP contribution in [0.2, 0.25) is 0 Å². The summed E-state index contributed by atoms with van der Waals surface area (Å²) in [6, 6.07) is 5.84. The van der Waals surface area contributed by atoms with Crippen molar-refractivity contribution in [2.24, 2.45) is 0 Å². The van der Waals surface area contributed by atoms with Crippen molar-refractivity contribution in [1.29, 1.82) is 0 Å². The monoisotopic (exact) mass is 304 g/mol. The molecule has 0 unspecified atom stereocenters. The highest BCUT2D eigenvalue weighted by molar-refractivity contribution is 7.12. The molecule has 0 atom stereocenters. The molecule has 1 aliphatic carbocycles. The van der Waals surface area contributed by atoms with Crippen LogP contribution in [-0.2, 0) is 0 Å². The maximum Gasteiger partial charge on any atom is 0.265 e. The molecule has 21 heavy (non-hydrogen) atoms. The molecular formula is C16H20N2O2S. The van der Waals surface area contributed by atoms with Gasteiger partial charge in [0.05, 0.1) is 11.3 Å². The summed E-state index contributed by atoms with van der Waals surface area (Å²) < 4.78 is 1.95. The van der Waals surface area contributed by atoms with Gasteiger partial charge in [-0.05, 0) is 36.4 Å². The van der Waals surface area contributed by atoms with E-state index in [9.17, 15) is 9.90 Å². The van der Waals surface area contributed by atoms with Crippen LogP contribution in [-0.4, -0.2) is 39.7 Å². The highest BCUT2D eigenvalue weighted by Crippen LogP contribution is 2.31. The number of hydrogen-bond acceptors (Lipinski definition) is 3. The molecule has 5 heteroatoms. The quantitative estimate of drug-likeness (QED) is 0.944. The van der Waals surface area contributed by atoms with Crippen LogP contribution in [0.15, 0.2) is 36.0 Å². The van der Waals surface area contributed by atoms with Crippen LogP contribution in [0.25, 0.3) is 5.69 Å². The molecule has 1 fully saturated rings. The van der Waals surface area contributed by atoms with Crippen LogP contribution >= 0.6 is 11.3 Å². The summed E-state index contributed by atoms with van der Waals surface area (Å²) in [6.07, 6.45) is 7.55. The van der Waals surface area contributed by atoms with Gasteiger partial charge in [0.25, 0.3) is 5.91 Å². The van der Waals surface area contributed by atoms with Crippen LogP contribution in [0.3, 0.4) is 0 Å². The average Bonchev–Trinajstić information content (AvgIpc) is 3.18. The molecule has 1 aliphatic rings. The smallest absolute Gasteiger partial charge is 0.265 e. The fourth-order valence-electron chi connectivity index (χ4n) is 3.04. The second kappa shape index (κ2) is 5.66. The number of nitrogens with zero attached hydrogens (tertiary/aromatic N) is 2. The van der Waals surface area contributed by atoms with Crippen LogP contribution in [0.1, 0.15) is 35.4 Å². The molecule has 1 N–H and O–H groups in total. The summed E-state index contributed by atoms with van der Waals surface area (Å²) in [7, 11) is 1.78. The number of aliphatic hydroxyl groups is 1. The second-order valence-corrected chi connectivity index (χ2v) is 6.73. The lowest BCUT2D eigenvalue weighted by atomic mass is 10.0. The summed E-state index contributed by atoms with van der Waals surface area (Å²) in [5.74, 6) is -0.0194. The Morgan fingerprint density at radius 1 is 1.38 bits per heavy atom. The molecule has 0 aliphatic heterocycles. The van der Waals surface area contributed by atoms with Gasteiger partial charge in [-0.3, -0.25) is 4.79 Å². The van der Waals surface area contributed by atoms with E-state index in [1.807, 2.05) is 40.5 Å². The van der Waals surface area contributed by atoms with Crippen molar-refractivity contribution >= 4 is 17.2 Å². The van der Waals surface area contributed by atoms with Gasteiger partial charge in [0.15, 0.2) is 0 Å². The van der Waals surface area contributed by atoms with Crippen LogP contribution in [0, 0.1) is 0 Å². The molecular weight excluding hydrogens is 284 g/mol. The lowest BCUT2D eigenvalue weighted by molar-refractivity contribution is 0.0158. The number of amides is 1. The fraction of sp³-hybridized carbons (Fsp3) is 0.438. The van der Waals surface area contributed by atoms with Crippen molar-refractivity contribution < 1.29 is 9.90 Å². The van der Waals surface area contributed by atoms with Crippen molar-refractivity contribution in [3.63, 3.8) is 0 Å². The van der Waals surface area contributed by atoms with E-state index in [1.54, 1.807) is 11.9 Å². The lowest BCUT2D eigenvalue weighted by Gasteiger charge is -2.28. The lowest BCUT2D eigenvalue weighted by Crippen LogP contribution is -2.42. The molecule has 1 saturated carbocycles. The first-order chi connectivity index (χ1) is 10.1. The Labute approximate surface area is 128 Å². The van der Waals surface area contributed by atoms with E-state index >= 15 is 0 Å². The van der Waals surface area contributed by atoms with Crippen LogP contribution < -0.4 is 0 Å². The second-order valence-electron chi connectivity index (χ2n) is 5.82. The Morgan fingerprint density at radius 2 is 2.05 bits per heavy atom. The normalized spacial score (nSPS) is 17.0.